The van der Waals surface area contributed by atoms with Crippen LogP contribution in [-0.4, -0.2) is 20.0 Å². The van der Waals surface area contributed by atoms with Crippen molar-refractivity contribution in [3.63, 3.8) is 0 Å². The fraction of sp³-hybridized carbons (Fsp3) is 0.312. The highest BCUT2D eigenvalue weighted by molar-refractivity contribution is 6.06. The van der Waals surface area contributed by atoms with Gasteiger partial charge in [-0.1, -0.05) is 0 Å². The van der Waals surface area contributed by atoms with E-state index in [1.807, 2.05) is 30.7 Å². The molecule has 1 N–H and O–H groups in total. The predicted octanol–water partition coefficient (Wildman–Crippen LogP) is 1.41. The van der Waals surface area contributed by atoms with E-state index in [4.69, 9.17) is 4.42 Å². The van der Waals surface area contributed by atoms with Crippen LogP contribution >= 0.6 is 0 Å². The maximum atomic E-state index is 12.5. The number of amides is 1. The topological polar surface area (TPSA) is 82.1 Å². The van der Waals surface area contributed by atoms with Gasteiger partial charge < -0.3 is 18.9 Å². The highest BCUT2D eigenvalue weighted by atomic mass is 16.3. The highest BCUT2D eigenvalue weighted by Crippen LogP contribution is 2.20. The zero-order chi connectivity index (χ0) is 16.7. The summed E-state index contributed by atoms with van der Waals surface area (Å²) in [6, 6.07) is 3.94. The molecule has 0 radical (unpaired) electrons. The second kappa shape index (κ2) is 5.42. The summed E-state index contributed by atoms with van der Waals surface area (Å²) in [6.45, 7) is 4.02. The first-order valence-electron chi connectivity index (χ1n) is 7.24. The smallest absolute Gasteiger partial charge is 0.265 e. The zero-order valence-corrected chi connectivity index (χ0v) is 13.5. The lowest BCUT2D eigenvalue weighted by molar-refractivity contribution is 0.0950. The Morgan fingerprint density at radius 2 is 2.04 bits per heavy atom. The van der Waals surface area contributed by atoms with Crippen molar-refractivity contribution in [3.8, 4) is 0 Å². The number of carbonyl (C=O) groups excluding carboxylic acids is 1. The third-order valence-corrected chi connectivity index (χ3v) is 4.08. The first-order chi connectivity index (χ1) is 10.9. The molecule has 0 fully saturated rings. The first-order valence-corrected chi connectivity index (χ1v) is 7.24. The van der Waals surface area contributed by atoms with Crippen LogP contribution in [0.15, 0.2) is 27.7 Å². The number of nitrogens with one attached hydrogen (secondary N) is 1. The number of aromatic nitrogens is 3. The van der Waals surface area contributed by atoms with Gasteiger partial charge in [0.25, 0.3) is 11.5 Å². The quantitative estimate of drug-likeness (QED) is 0.792. The van der Waals surface area contributed by atoms with Crippen LogP contribution in [0.25, 0.3) is 11.1 Å². The lowest BCUT2D eigenvalue weighted by Crippen LogP contribution is -2.26. The van der Waals surface area contributed by atoms with Gasteiger partial charge in [0.05, 0.1) is 12.1 Å². The van der Waals surface area contributed by atoms with Crippen LogP contribution in [0.3, 0.4) is 0 Å². The molecule has 1 amide bonds. The van der Waals surface area contributed by atoms with E-state index in [1.165, 1.54) is 10.9 Å². The molecule has 3 heterocycles. The fourth-order valence-corrected chi connectivity index (χ4v) is 2.56. The monoisotopic (exact) mass is 314 g/mol. The van der Waals surface area contributed by atoms with Crippen LogP contribution < -0.4 is 10.9 Å². The summed E-state index contributed by atoms with van der Waals surface area (Å²) in [7, 11) is 3.53. The second-order valence-corrected chi connectivity index (χ2v) is 5.58. The average Bonchev–Trinajstić information content (AvgIpc) is 3.02. The lowest BCUT2D eigenvalue weighted by atomic mass is 10.2. The van der Waals surface area contributed by atoms with Crippen LogP contribution in [0.2, 0.25) is 0 Å². The van der Waals surface area contributed by atoms with Crippen molar-refractivity contribution >= 4 is 17.0 Å². The standard InChI is InChI=1S/C16H18N4O3/c1-9-5-6-11(20(9)4)7-17-14(21)12-10(2)23-15-13(12)16(22)19(3)8-18-15/h5-6,8H,7H2,1-4H3,(H,17,21). The Labute approximate surface area is 132 Å². The molecule has 3 rings (SSSR count). The highest BCUT2D eigenvalue weighted by Gasteiger charge is 2.22. The van der Waals surface area contributed by atoms with Crippen molar-refractivity contribution in [3.05, 3.63) is 51.5 Å². The summed E-state index contributed by atoms with van der Waals surface area (Å²) in [4.78, 5) is 28.9. The molecule has 0 saturated carbocycles. The van der Waals surface area contributed by atoms with E-state index in [2.05, 4.69) is 10.3 Å². The molecule has 23 heavy (non-hydrogen) atoms. The molecule has 120 valence electrons. The number of fused-ring (bicyclic) bond motifs is 1. The van der Waals surface area contributed by atoms with Gasteiger partial charge in [-0.05, 0) is 26.0 Å². The second-order valence-electron chi connectivity index (χ2n) is 5.58. The molecule has 7 nitrogen and oxygen atoms in total. The number of carbonyl (C=O) groups is 1. The molecular weight excluding hydrogens is 296 g/mol. The molecule has 0 spiro atoms. The number of nitrogens with zero attached hydrogens (tertiary/aromatic N) is 3. The van der Waals surface area contributed by atoms with Gasteiger partial charge in [-0.3, -0.25) is 9.59 Å². The molecule has 3 aromatic heterocycles. The molecule has 0 aromatic carbocycles. The van der Waals surface area contributed by atoms with Crippen molar-refractivity contribution in [2.75, 3.05) is 0 Å². The van der Waals surface area contributed by atoms with Gasteiger partial charge in [-0.2, -0.15) is 0 Å². The van der Waals surface area contributed by atoms with Crippen LogP contribution in [-0.2, 0) is 20.6 Å². The van der Waals surface area contributed by atoms with E-state index >= 15 is 0 Å². The van der Waals surface area contributed by atoms with E-state index in [1.54, 1.807) is 14.0 Å². The van der Waals surface area contributed by atoms with Gasteiger partial charge in [-0.15, -0.1) is 0 Å². The largest absolute Gasteiger partial charge is 0.442 e. The van der Waals surface area contributed by atoms with Gasteiger partial charge in [0.2, 0.25) is 5.71 Å². The Balaban J connectivity index is 1.95. The van der Waals surface area contributed by atoms with E-state index < -0.39 is 0 Å². The molecule has 0 aliphatic heterocycles. The third kappa shape index (κ3) is 2.44. The van der Waals surface area contributed by atoms with Crippen LogP contribution in [0, 0.1) is 13.8 Å². The van der Waals surface area contributed by atoms with Crippen molar-refractivity contribution in [1.82, 2.24) is 19.4 Å². The van der Waals surface area contributed by atoms with E-state index in [0.717, 1.165) is 11.4 Å². The van der Waals surface area contributed by atoms with Gasteiger partial charge in [0.15, 0.2) is 0 Å². The summed E-state index contributed by atoms with van der Waals surface area (Å²) in [5.74, 6) is 0.0431. The Morgan fingerprint density at radius 3 is 2.70 bits per heavy atom. The minimum absolute atomic E-state index is 0.186. The maximum Gasteiger partial charge on any atom is 0.265 e. The van der Waals surface area contributed by atoms with E-state index in [9.17, 15) is 9.59 Å². The molecule has 0 unspecified atom stereocenters. The van der Waals surface area contributed by atoms with Crippen LogP contribution in [0.1, 0.15) is 27.5 Å². The number of furan rings is 1. The van der Waals surface area contributed by atoms with E-state index in [0.29, 0.717) is 12.3 Å². The molecule has 0 atom stereocenters. The van der Waals surface area contributed by atoms with Crippen molar-refractivity contribution in [1.29, 1.82) is 0 Å². The molecule has 7 heteroatoms. The Morgan fingerprint density at radius 1 is 1.30 bits per heavy atom. The Hall–Kier alpha value is -2.83. The summed E-state index contributed by atoms with van der Waals surface area (Å²) < 4.78 is 8.77. The maximum absolute atomic E-state index is 12.5. The Kier molecular flexibility index (Phi) is 3.55. The summed E-state index contributed by atoms with van der Waals surface area (Å²) >= 11 is 0. The summed E-state index contributed by atoms with van der Waals surface area (Å²) in [6.07, 6.45) is 1.38. The molecule has 0 aliphatic rings. The molecule has 0 aliphatic carbocycles. The predicted molar refractivity (Wildman–Crippen MR) is 85.3 cm³/mol. The van der Waals surface area contributed by atoms with E-state index in [-0.39, 0.29) is 28.1 Å². The van der Waals surface area contributed by atoms with Crippen molar-refractivity contribution in [2.24, 2.45) is 14.1 Å². The SMILES string of the molecule is Cc1oc2ncn(C)c(=O)c2c1C(=O)NCc1ccc(C)n1C. The van der Waals surface area contributed by atoms with Crippen molar-refractivity contribution in [2.45, 2.75) is 20.4 Å². The van der Waals surface area contributed by atoms with Gasteiger partial charge in [-0.25, -0.2) is 4.98 Å². The zero-order valence-electron chi connectivity index (χ0n) is 13.5. The first kappa shape index (κ1) is 15.1. The number of aryl methyl sites for hydroxylation is 3. The number of hydrogen-bond donors (Lipinski definition) is 1. The van der Waals surface area contributed by atoms with Crippen LogP contribution in [0.4, 0.5) is 0 Å². The summed E-state index contributed by atoms with van der Waals surface area (Å²) in [5.41, 5.74) is 2.22. The third-order valence-electron chi connectivity index (χ3n) is 4.08. The Bertz CT molecular complexity index is 962. The van der Waals surface area contributed by atoms with Gasteiger partial charge in [0, 0.05) is 25.5 Å². The molecule has 3 aromatic rings. The molecule has 0 saturated heterocycles. The fourth-order valence-electron chi connectivity index (χ4n) is 2.56. The lowest BCUT2D eigenvalue weighted by Gasteiger charge is -2.07. The number of hydrogen-bond acceptors (Lipinski definition) is 4. The minimum atomic E-state index is -0.342. The number of rotatable bonds is 3. The van der Waals surface area contributed by atoms with Gasteiger partial charge in [0.1, 0.15) is 17.5 Å². The average molecular weight is 314 g/mol. The molecular formula is C16H18N4O3. The van der Waals surface area contributed by atoms with Crippen molar-refractivity contribution < 1.29 is 9.21 Å². The minimum Gasteiger partial charge on any atom is -0.442 e. The normalized spacial score (nSPS) is 11.1. The van der Waals surface area contributed by atoms with Crippen LogP contribution in [0.5, 0.6) is 0 Å². The molecule has 0 bridgehead atoms. The summed E-state index contributed by atoms with van der Waals surface area (Å²) in [5, 5.41) is 3.06. The van der Waals surface area contributed by atoms with Gasteiger partial charge >= 0.3 is 0 Å².